The smallest absolute Gasteiger partial charge is 0.126 e. The fraction of sp³-hybridized carbons (Fsp3) is 0.267. The van der Waals surface area contributed by atoms with Gasteiger partial charge in [0.1, 0.15) is 5.82 Å². The fourth-order valence-corrected chi connectivity index (χ4v) is 2.24. The topological polar surface area (TPSA) is 24.9 Å². The second-order valence-electron chi connectivity index (χ2n) is 4.31. The lowest BCUT2D eigenvalue weighted by molar-refractivity contribution is 0.518. The molecule has 0 bridgehead atoms. The Balaban J connectivity index is 2.21. The molecule has 0 saturated heterocycles. The Morgan fingerprint density at radius 2 is 2.05 bits per heavy atom. The Hall–Kier alpha value is -1.26. The number of nitrogens with zero attached hydrogens (tertiary/aromatic N) is 1. The minimum Gasteiger partial charge on any atom is -0.309 e. The van der Waals surface area contributed by atoms with Gasteiger partial charge in [0, 0.05) is 10.7 Å². The largest absolute Gasteiger partial charge is 0.309 e. The fourth-order valence-electron chi connectivity index (χ4n) is 2.00. The van der Waals surface area contributed by atoms with Crippen LogP contribution in [0.2, 0.25) is 0 Å². The number of nitrogens with one attached hydrogen (secondary N) is 1. The zero-order chi connectivity index (χ0) is 13.7. The van der Waals surface area contributed by atoms with Crippen LogP contribution in [-0.4, -0.2) is 11.5 Å². The number of benzene rings is 1. The van der Waals surface area contributed by atoms with Gasteiger partial charge >= 0.3 is 0 Å². The summed E-state index contributed by atoms with van der Waals surface area (Å²) >= 11 is 3.37. The Morgan fingerprint density at radius 1 is 1.26 bits per heavy atom. The molecule has 0 radical (unpaired) electrons. The maximum atomic E-state index is 13.7. The van der Waals surface area contributed by atoms with Crippen molar-refractivity contribution in [1.29, 1.82) is 0 Å². The van der Waals surface area contributed by atoms with Crippen molar-refractivity contribution in [2.75, 3.05) is 6.54 Å². The number of halogens is 2. The Morgan fingerprint density at radius 3 is 2.68 bits per heavy atom. The molecule has 19 heavy (non-hydrogen) atoms. The van der Waals surface area contributed by atoms with E-state index in [2.05, 4.69) is 26.2 Å². The van der Waals surface area contributed by atoms with Crippen LogP contribution in [0, 0.1) is 5.82 Å². The molecule has 1 heterocycles. The van der Waals surface area contributed by atoms with E-state index in [0.29, 0.717) is 12.0 Å². The van der Waals surface area contributed by atoms with Gasteiger partial charge in [0.2, 0.25) is 0 Å². The minimum absolute atomic E-state index is 0.0231. The molecular weight excluding hydrogens is 307 g/mol. The van der Waals surface area contributed by atoms with Gasteiger partial charge in [0.15, 0.2) is 0 Å². The van der Waals surface area contributed by atoms with Crippen LogP contribution < -0.4 is 5.32 Å². The van der Waals surface area contributed by atoms with E-state index in [1.165, 1.54) is 6.07 Å². The number of pyridine rings is 1. The van der Waals surface area contributed by atoms with E-state index in [9.17, 15) is 4.39 Å². The predicted octanol–water partition coefficient (Wildman–Crippen LogP) is 3.88. The maximum Gasteiger partial charge on any atom is 0.126 e. The van der Waals surface area contributed by atoms with Crippen LogP contribution in [0.1, 0.15) is 24.2 Å². The van der Waals surface area contributed by atoms with Gasteiger partial charge in [0.25, 0.3) is 0 Å². The van der Waals surface area contributed by atoms with Gasteiger partial charge in [-0.3, -0.25) is 4.98 Å². The monoisotopic (exact) mass is 322 g/mol. The molecule has 0 spiro atoms. The van der Waals surface area contributed by atoms with Gasteiger partial charge in [-0.05, 0) is 52.7 Å². The molecular formula is C15H16BrFN2. The highest BCUT2D eigenvalue weighted by atomic mass is 79.9. The lowest BCUT2D eigenvalue weighted by atomic mass is 10.0. The van der Waals surface area contributed by atoms with Gasteiger partial charge in [-0.2, -0.15) is 0 Å². The maximum absolute atomic E-state index is 13.7. The Kier molecular flexibility index (Phi) is 5.05. The molecule has 4 heteroatoms. The van der Waals surface area contributed by atoms with Crippen LogP contribution in [0.4, 0.5) is 4.39 Å². The van der Waals surface area contributed by atoms with Crippen molar-refractivity contribution >= 4 is 15.9 Å². The normalized spacial score (nSPS) is 12.4. The molecule has 2 aromatic rings. The van der Waals surface area contributed by atoms with Crippen LogP contribution in [0.15, 0.2) is 47.1 Å². The lowest BCUT2D eigenvalue weighted by Crippen LogP contribution is -2.24. The molecule has 0 aliphatic carbocycles. The molecule has 0 aliphatic heterocycles. The molecule has 0 fully saturated rings. The molecule has 0 amide bonds. The zero-order valence-corrected chi connectivity index (χ0v) is 12.3. The quantitative estimate of drug-likeness (QED) is 0.903. The third-order valence-corrected chi connectivity index (χ3v) is 3.41. The van der Waals surface area contributed by atoms with Gasteiger partial charge in [-0.25, -0.2) is 4.39 Å². The molecule has 2 rings (SSSR count). The first-order valence-electron chi connectivity index (χ1n) is 6.29. The molecule has 1 N–H and O–H groups in total. The highest BCUT2D eigenvalue weighted by Gasteiger charge is 2.14. The van der Waals surface area contributed by atoms with E-state index < -0.39 is 0 Å². The number of hydrogen-bond donors (Lipinski definition) is 1. The van der Waals surface area contributed by atoms with Crippen LogP contribution >= 0.6 is 15.9 Å². The van der Waals surface area contributed by atoms with Gasteiger partial charge in [0.05, 0.1) is 11.7 Å². The number of hydrogen-bond acceptors (Lipinski definition) is 2. The summed E-state index contributed by atoms with van der Waals surface area (Å²) in [7, 11) is 0. The van der Waals surface area contributed by atoms with Crippen LogP contribution in [0.5, 0.6) is 0 Å². The SMILES string of the molecule is CCNC(Cc1ccccc1F)c1ccc(Br)cn1. The molecule has 1 aromatic carbocycles. The Bertz CT molecular complexity index is 528. The second kappa shape index (κ2) is 6.78. The van der Waals surface area contributed by atoms with Gasteiger partial charge in [-0.1, -0.05) is 25.1 Å². The molecule has 100 valence electrons. The first kappa shape index (κ1) is 14.2. The highest BCUT2D eigenvalue weighted by molar-refractivity contribution is 9.10. The van der Waals surface area contributed by atoms with Crippen molar-refractivity contribution in [3.8, 4) is 0 Å². The summed E-state index contributed by atoms with van der Waals surface area (Å²) in [5.41, 5.74) is 1.63. The van der Waals surface area contributed by atoms with E-state index in [1.807, 2.05) is 31.2 Å². The average Bonchev–Trinajstić information content (AvgIpc) is 2.42. The van der Waals surface area contributed by atoms with E-state index in [1.54, 1.807) is 12.3 Å². The van der Waals surface area contributed by atoms with Crippen LogP contribution in [0.25, 0.3) is 0 Å². The molecule has 1 aromatic heterocycles. The first-order chi connectivity index (χ1) is 9.20. The van der Waals surface area contributed by atoms with Crippen molar-refractivity contribution < 1.29 is 4.39 Å². The average molecular weight is 323 g/mol. The molecule has 0 saturated carbocycles. The number of likely N-dealkylation sites (N-methyl/N-ethyl adjacent to an activating group) is 1. The summed E-state index contributed by atoms with van der Waals surface area (Å²) in [5, 5.41) is 3.35. The number of rotatable bonds is 5. The first-order valence-corrected chi connectivity index (χ1v) is 7.08. The third-order valence-electron chi connectivity index (χ3n) is 2.94. The summed E-state index contributed by atoms with van der Waals surface area (Å²) in [6, 6.07) is 10.8. The zero-order valence-electron chi connectivity index (χ0n) is 10.7. The molecule has 0 aliphatic rings. The molecule has 1 atom stereocenters. The third kappa shape index (κ3) is 3.85. The van der Waals surface area contributed by atoms with E-state index in [4.69, 9.17) is 0 Å². The van der Waals surface area contributed by atoms with E-state index in [-0.39, 0.29) is 11.9 Å². The van der Waals surface area contributed by atoms with E-state index >= 15 is 0 Å². The minimum atomic E-state index is -0.164. The standard InChI is InChI=1S/C15H16BrFN2/c1-2-18-15(14-8-7-12(16)10-19-14)9-11-5-3-4-6-13(11)17/h3-8,10,15,18H,2,9H2,1H3. The summed E-state index contributed by atoms with van der Waals surface area (Å²) < 4.78 is 14.7. The van der Waals surface area contributed by atoms with Crippen molar-refractivity contribution in [2.45, 2.75) is 19.4 Å². The van der Waals surface area contributed by atoms with Crippen LogP contribution in [-0.2, 0) is 6.42 Å². The lowest BCUT2D eigenvalue weighted by Gasteiger charge is -2.18. The summed E-state index contributed by atoms with van der Waals surface area (Å²) in [4.78, 5) is 4.39. The molecule has 2 nitrogen and oxygen atoms in total. The predicted molar refractivity (Wildman–Crippen MR) is 78.5 cm³/mol. The van der Waals surface area contributed by atoms with E-state index in [0.717, 1.165) is 16.7 Å². The van der Waals surface area contributed by atoms with Gasteiger partial charge < -0.3 is 5.32 Å². The second-order valence-corrected chi connectivity index (χ2v) is 5.22. The van der Waals surface area contributed by atoms with Gasteiger partial charge in [-0.15, -0.1) is 0 Å². The summed E-state index contributed by atoms with van der Waals surface area (Å²) in [6.45, 7) is 2.85. The molecule has 1 unspecified atom stereocenters. The van der Waals surface area contributed by atoms with Crippen molar-refractivity contribution in [2.24, 2.45) is 0 Å². The van der Waals surface area contributed by atoms with Crippen molar-refractivity contribution in [3.05, 3.63) is 64.1 Å². The summed E-state index contributed by atoms with van der Waals surface area (Å²) in [5.74, 6) is -0.164. The highest BCUT2D eigenvalue weighted by Crippen LogP contribution is 2.20. The van der Waals surface area contributed by atoms with Crippen LogP contribution in [0.3, 0.4) is 0 Å². The summed E-state index contributed by atoms with van der Waals surface area (Å²) in [6.07, 6.45) is 2.36. The van der Waals surface area contributed by atoms with Crippen molar-refractivity contribution in [3.63, 3.8) is 0 Å². The van der Waals surface area contributed by atoms with Crippen molar-refractivity contribution in [1.82, 2.24) is 10.3 Å². The number of aromatic nitrogens is 1. The Labute approximate surface area is 121 Å².